The zero-order valence-electron chi connectivity index (χ0n) is 8.78. The van der Waals surface area contributed by atoms with Crippen LogP contribution >= 0.6 is 0 Å². The SMILES string of the molecule is CCC(CO)NC(=O)Nc1cc(C)on1. The van der Waals surface area contributed by atoms with Crippen LogP contribution in [0.3, 0.4) is 0 Å². The number of anilines is 1. The Balaban J connectivity index is 2.42. The molecule has 1 aromatic rings. The normalized spacial score (nSPS) is 12.2. The summed E-state index contributed by atoms with van der Waals surface area (Å²) in [5.74, 6) is 0.984. The number of hydrogen-bond donors (Lipinski definition) is 3. The monoisotopic (exact) mass is 213 g/mol. The smallest absolute Gasteiger partial charge is 0.320 e. The fraction of sp³-hybridized carbons (Fsp3) is 0.556. The van der Waals surface area contributed by atoms with Crippen molar-refractivity contribution in [3.63, 3.8) is 0 Å². The summed E-state index contributed by atoms with van der Waals surface area (Å²) in [6, 6.07) is 0.974. The Kier molecular flexibility index (Phi) is 4.11. The lowest BCUT2D eigenvalue weighted by Crippen LogP contribution is -2.39. The predicted molar refractivity (Wildman–Crippen MR) is 54.6 cm³/mol. The Hall–Kier alpha value is -1.56. The third kappa shape index (κ3) is 3.59. The number of aliphatic hydroxyl groups excluding tert-OH is 1. The van der Waals surface area contributed by atoms with Gasteiger partial charge in [0.25, 0.3) is 0 Å². The van der Waals surface area contributed by atoms with Crippen molar-refractivity contribution >= 4 is 11.8 Å². The van der Waals surface area contributed by atoms with Crippen LogP contribution < -0.4 is 10.6 Å². The van der Waals surface area contributed by atoms with E-state index in [9.17, 15) is 4.79 Å². The summed E-state index contributed by atoms with van der Waals surface area (Å²) in [7, 11) is 0. The van der Waals surface area contributed by atoms with E-state index in [-0.39, 0.29) is 12.6 Å². The Morgan fingerprint density at radius 3 is 2.93 bits per heavy atom. The number of nitrogens with one attached hydrogen (secondary N) is 2. The van der Waals surface area contributed by atoms with Crippen molar-refractivity contribution in [3.8, 4) is 0 Å². The number of urea groups is 1. The van der Waals surface area contributed by atoms with Crippen LogP contribution in [0.5, 0.6) is 0 Å². The van der Waals surface area contributed by atoms with Crippen molar-refractivity contribution in [2.24, 2.45) is 0 Å². The number of nitrogens with zero attached hydrogens (tertiary/aromatic N) is 1. The summed E-state index contributed by atoms with van der Waals surface area (Å²) in [5.41, 5.74) is 0. The molecule has 84 valence electrons. The van der Waals surface area contributed by atoms with Crippen molar-refractivity contribution in [3.05, 3.63) is 11.8 Å². The molecule has 0 aliphatic carbocycles. The molecule has 6 nitrogen and oxygen atoms in total. The highest BCUT2D eigenvalue weighted by atomic mass is 16.5. The van der Waals surface area contributed by atoms with Crippen LogP contribution in [0.25, 0.3) is 0 Å². The molecule has 0 aliphatic heterocycles. The summed E-state index contributed by atoms with van der Waals surface area (Å²) in [6.45, 7) is 3.53. The maximum atomic E-state index is 11.3. The minimum atomic E-state index is -0.399. The fourth-order valence-electron chi connectivity index (χ4n) is 1.04. The molecule has 0 fully saturated rings. The van der Waals surface area contributed by atoms with Crippen molar-refractivity contribution in [1.82, 2.24) is 10.5 Å². The first-order valence-corrected chi connectivity index (χ1v) is 4.77. The molecule has 0 aromatic carbocycles. The molecule has 3 N–H and O–H groups in total. The number of hydrogen-bond acceptors (Lipinski definition) is 4. The molecule has 1 unspecified atom stereocenters. The molecule has 0 saturated carbocycles. The van der Waals surface area contributed by atoms with Crippen molar-refractivity contribution in [2.75, 3.05) is 11.9 Å². The maximum Gasteiger partial charge on any atom is 0.320 e. The zero-order valence-corrected chi connectivity index (χ0v) is 8.78. The van der Waals surface area contributed by atoms with Gasteiger partial charge in [0.05, 0.1) is 12.6 Å². The molecule has 0 radical (unpaired) electrons. The molecule has 6 heteroatoms. The number of rotatable bonds is 4. The first-order chi connectivity index (χ1) is 7.15. The van der Waals surface area contributed by atoms with Crippen molar-refractivity contribution in [1.29, 1.82) is 0 Å². The van der Waals surface area contributed by atoms with Gasteiger partial charge >= 0.3 is 6.03 Å². The lowest BCUT2D eigenvalue weighted by Gasteiger charge is -2.13. The van der Waals surface area contributed by atoms with E-state index in [1.165, 1.54) is 0 Å². The van der Waals surface area contributed by atoms with Crippen molar-refractivity contribution in [2.45, 2.75) is 26.3 Å². The van der Waals surface area contributed by atoms with E-state index in [0.29, 0.717) is 18.0 Å². The summed E-state index contributed by atoms with van der Waals surface area (Å²) < 4.78 is 4.78. The quantitative estimate of drug-likeness (QED) is 0.692. The van der Waals surface area contributed by atoms with Gasteiger partial charge in [0, 0.05) is 6.07 Å². The van der Waals surface area contributed by atoms with Crippen LogP contribution in [-0.4, -0.2) is 28.9 Å². The van der Waals surface area contributed by atoms with Gasteiger partial charge in [0.15, 0.2) is 5.82 Å². The van der Waals surface area contributed by atoms with E-state index in [0.717, 1.165) is 0 Å². The minimum Gasteiger partial charge on any atom is -0.394 e. The summed E-state index contributed by atoms with van der Waals surface area (Å²) in [5, 5.41) is 17.6. The molecule has 1 atom stereocenters. The van der Waals surface area contributed by atoms with Crippen LogP contribution in [-0.2, 0) is 0 Å². The van der Waals surface area contributed by atoms with Crippen LogP contribution in [0.1, 0.15) is 19.1 Å². The molecule has 0 saturated heterocycles. The Morgan fingerprint density at radius 1 is 1.73 bits per heavy atom. The molecule has 15 heavy (non-hydrogen) atoms. The number of carbonyl (C=O) groups is 1. The summed E-state index contributed by atoms with van der Waals surface area (Å²) >= 11 is 0. The summed E-state index contributed by atoms with van der Waals surface area (Å²) in [4.78, 5) is 11.3. The first kappa shape index (κ1) is 11.5. The molecule has 2 amide bonds. The average molecular weight is 213 g/mol. The summed E-state index contributed by atoms with van der Waals surface area (Å²) in [6.07, 6.45) is 0.668. The lowest BCUT2D eigenvalue weighted by atomic mass is 10.2. The molecular weight excluding hydrogens is 198 g/mol. The molecule has 0 spiro atoms. The molecule has 1 aromatic heterocycles. The van der Waals surface area contributed by atoms with Crippen LogP contribution in [0.15, 0.2) is 10.6 Å². The molecule has 0 bridgehead atoms. The maximum absolute atomic E-state index is 11.3. The topological polar surface area (TPSA) is 87.4 Å². The Bertz CT molecular complexity index is 320. The second kappa shape index (κ2) is 5.35. The number of aromatic nitrogens is 1. The van der Waals surface area contributed by atoms with Crippen LogP contribution in [0.2, 0.25) is 0 Å². The Morgan fingerprint density at radius 2 is 2.47 bits per heavy atom. The van der Waals surface area contributed by atoms with Gasteiger partial charge in [-0.25, -0.2) is 4.79 Å². The van der Waals surface area contributed by atoms with Gasteiger partial charge in [-0.1, -0.05) is 12.1 Å². The van der Waals surface area contributed by atoms with Gasteiger partial charge < -0.3 is 14.9 Å². The van der Waals surface area contributed by atoms with Crippen LogP contribution in [0, 0.1) is 6.92 Å². The highest BCUT2D eigenvalue weighted by Crippen LogP contribution is 2.06. The first-order valence-electron chi connectivity index (χ1n) is 4.77. The predicted octanol–water partition coefficient (Wildman–Crippen LogP) is 0.875. The molecular formula is C9H15N3O3. The highest BCUT2D eigenvalue weighted by molar-refractivity contribution is 5.88. The second-order valence-corrected chi connectivity index (χ2v) is 3.21. The highest BCUT2D eigenvalue weighted by Gasteiger charge is 2.10. The van der Waals surface area contributed by atoms with E-state index in [1.54, 1.807) is 13.0 Å². The number of amides is 2. The zero-order chi connectivity index (χ0) is 11.3. The van der Waals surface area contributed by atoms with Gasteiger partial charge in [-0.2, -0.15) is 0 Å². The number of carbonyl (C=O) groups excluding carboxylic acids is 1. The van der Waals surface area contributed by atoms with Gasteiger partial charge in [0.2, 0.25) is 0 Å². The molecule has 0 aliphatic rings. The fourth-order valence-corrected chi connectivity index (χ4v) is 1.04. The third-order valence-corrected chi connectivity index (χ3v) is 1.92. The number of aliphatic hydroxyl groups is 1. The van der Waals surface area contributed by atoms with Gasteiger partial charge in [-0.3, -0.25) is 5.32 Å². The average Bonchev–Trinajstić information content (AvgIpc) is 2.60. The van der Waals surface area contributed by atoms with Gasteiger partial charge in [0.1, 0.15) is 5.76 Å². The van der Waals surface area contributed by atoms with E-state index >= 15 is 0 Å². The van der Waals surface area contributed by atoms with Gasteiger partial charge in [-0.05, 0) is 13.3 Å². The largest absolute Gasteiger partial charge is 0.394 e. The lowest BCUT2D eigenvalue weighted by molar-refractivity contribution is 0.222. The number of aryl methyl sites for hydroxylation is 1. The third-order valence-electron chi connectivity index (χ3n) is 1.92. The second-order valence-electron chi connectivity index (χ2n) is 3.21. The van der Waals surface area contributed by atoms with E-state index in [1.807, 2.05) is 6.92 Å². The molecule has 1 rings (SSSR count). The Labute approximate surface area is 87.6 Å². The van der Waals surface area contributed by atoms with Gasteiger partial charge in [-0.15, -0.1) is 0 Å². The van der Waals surface area contributed by atoms with Crippen LogP contribution in [0.4, 0.5) is 10.6 Å². The molecule has 1 heterocycles. The minimum absolute atomic E-state index is 0.0816. The van der Waals surface area contributed by atoms with Crippen molar-refractivity contribution < 1.29 is 14.4 Å². The van der Waals surface area contributed by atoms with E-state index in [4.69, 9.17) is 9.63 Å². The van der Waals surface area contributed by atoms with E-state index < -0.39 is 6.03 Å². The van der Waals surface area contributed by atoms with E-state index in [2.05, 4.69) is 15.8 Å². The standard InChI is InChI=1S/C9H15N3O3/c1-3-7(5-13)10-9(14)11-8-4-6(2)15-12-8/h4,7,13H,3,5H2,1-2H3,(H2,10,11,12,14).